The van der Waals surface area contributed by atoms with Crippen LogP contribution >= 0.6 is 27.5 Å². The fourth-order valence-corrected chi connectivity index (χ4v) is 13.0. The number of hydrogen-bond donors (Lipinski definition) is 4. The Morgan fingerprint density at radius 2 is 0.768 bits per heavy atom. The van der Waals surface area contributed by atoms with Crippen LogP contribution < -0.4 is 0 Å². The second-order valence-corrected chi connectivity index (χ2v) is 22.7. The lowest BCUT2D eigenvalue weighted by Crippen LogP contribution is -2.18. The van der Waals surface area contributed by atoms with E-state index in [-0.39, 0.29) is 35.3 Å². The van der Waals surface area contributed by atoms with Gasteiger partial charge < -0.3 is 38.9 Å². The highest BCUT2D eigenvalue weighted by molar-refractivity contribution is 9.10. The number of aromatic nitrogens is 4. The van der Waals surface area contributed by atoms with Crippen molar-refractivity contribution in [3.63, 3.8) is 0 Å². The number of H-pyrrole nitrogens is 4. The Kier molecular flexibility index (Phi) is 15.3. The second-order valence-electron chi connectivity index (χ2n) is 21.4. The molecular weight excluding hydrogens is 1110 g/mol. The summed E-state index contributed by atoms with van der Waals surface area (Å²) in [6.07, 6.45) is 3.18. The van der Waals surface area contributed by atoms with Crippen molar-refractivity contribution in [2.75, 3.05) is 26.4 Å². The molecule has 82 heavy (non-hydrogen) atoms. The topological polar surface area (TPSA) is 100 Å². The molecule has 0 radical (unpaired) electrons. The molecule has 0 fully saturated rings. The van der Waals surface area contributed by atoms with Gasteiger partial charge in [0.2, 0.25) is 0 Å². The first kappa shape index (κ1) is 53.7. The zero-order chi connectivity index (χ0) is 55.8. The van der Waals surface area contributed by atoms with Crippen LogP contribution in [-0.4, -0.2) is 46.4 Å². The molecule has 0 spiro atoms. The highest BCUT2D eigenvalue weighted by atomic mass is 79.9. The minimum absolute atomic E-state index is 0.00338. The van der Waals surface area contributed by atoms with E-state index in [1.807, 2.05) is 43.3 Å². The largest absolute Gasteiger partial charge is 0.367 e. The highest BCUT2D eigenvalue weighted by Gasteiger charge is 2.31. The average Bonchev–Trinajstić information content (AvgIpc) is 4.44. The summed E-state index contributed by atoms with van der Waals surface area (Å²) in [6, 6.07) is 60.3. The first-order valence-electron chi connectivity index (χ1n) is 28.0. The van der Waals surface area contributed by atoms with E-state index in [9.17, 15) is 8.78 Å². The maximum atomic E-state index is 14.2. The first-order chi connectivity index (χ1) is 40.1. The normalized spacial score (nSPS) is 18.0. The molecule has 4 atom stereocenters. The smallest absolute Gasteiger partial charge is 0.141 e. The van der Waals surface area contributed by atoms with E-state index in [0.29, 0.717) is 18.8 Å². The molecule has 4 aromatic heterocycles. The van der Waals surface area contributed by atoms with Crippen molar-refractivity contribution in [3.8, 4) is 0 Å². The summed E-state index contributed by atoms with van der Waals surface area (Å²) < 4.78 is 52.5. The van der Waals surface area contributed by atoms with E-state index in [1.54, 1.807) is 18.2 Å². The maximum Gasteiger partial charge on any atom is 0.141 e. The van der Waals surface area contributed by atoms with Crippen molar-refractivity contribution in [3.05, 3.63) is 282 Å². The molecule has 16 rings (SSSR count). The summed E-state index contributed by atoms with van der Waals surface area (Å²) in [6.45, 7) is 6.91. The summed E-state index contributed by atoms with van der Waals surface area (Å²) in [7, 11) is 0. The van der Waals surface area contributed by atoms with Gasteiger partial charge in [-0.25, -0.2) is 8.78 Å². The predicted octanol–water partition coefficient (Wildman–Crippen LogP) is 17.6. The third kappa shape index (κ3) is 10.6. The Morgan fingerprint density at radius 1 is 0.390 bits per heavy atom. The molecule has 0 bridgehead atoms. The van der Waals surface area contributed by atoms with Gasteiger partial charge in [-0.2, -0.15) is 0 Å². The van der Waals surface area contributed by atoms with Crippen molar-refractivity contribution in [1.82, 2.24) is 19.9 Å². The summed E-state index contributed by atoms with van der Waals surface area (Å²) in [5.41, 5.74) is 20.6. The number of fused-ring (bicyclic) bond motifs is 12. The number of aromatic amines is 4. The van der Waals surface area contributed by atoms with Crippen molar-refractivity contribution in [1.29, 1.82) is 0 Å². The molecule has 4 unspecified atom stereocenters. The molecule has 8 heterocycles. The van der Waals surface area contributed by atoms with Crippen LogP contribution in [0, 0.1) is 25.5 Å². The molecule has 0 amide bonds. The number of para-hydroxylation sites is 4. The fourth-order valence-electron chi connectivity index (χ4n) is 12.4. The zero-order valence-electron chi connectivity index (χ0n) is 45.4. The standard InChI is InChI=1S/C18H16FNO.C18H17NO.C17H14BrNO.C17H13ClFNO/c1-11-6-7-15(19)14(10-11)18-17-13(8-9-21-18)12-4-2-3-5-16(12)20-17;1-12-5-4-6-13(11-12)18-17-15(9-10-20-18)14-7-2-3-8-16(14)19-17;18-12-5-3-4-11(10-12)17-16-14(8-9-20-17)13-6-1-2-7-15(13)19-16;18-13-9-10(5-6-14(13)19)17-16-12(7-8-21-17)11-3-1-2-4-15(11)20-16/h2-7,10,18,20H,8-9H2,1H3;2-8,11,18-19H,9-10H2,1H3;1-7,10,17,19H,8-9H2;1-6,9,17,20H,7-8H2. The number of rotatable bonds is 4. The first-order valence-corrected chi connectivity index (χ1v) is 29.2. The molecule has 8 aromatic carbocycles. The average molecular weight is 1170 g/mol. The van der Waals surface area contributed by atoms with E-state index in [4.69, 9.17) is 30.5 Å². The van der Waals surface area contributed by atoms with Gasteiger partial charge >= 0.3 is 0 Å². The Bertz CT molecular complexity index is 4160. The van der Waals surface area contributed by atoms with Crippen LogP contribution in [0.1, 0.15) is 103 Å². The minimum atomic E-state index is -0.409. The molecule has 12 heteroatoms. The molecule has 0 saturated heterocycles. The van der Waals surface area contributed by atoms with Gasteiger partial charge in [-0.05, 0) is 133 Å². The molecule has 412 valence electrons. The van der Waals surface area contributed by atoms with Crippen LogP contribution in [0.2, 0.25) is 5.02 Å². The van der Waals surface area contributed by atoms with Gasteiger partial charge in [0.05, 0.1) is 54.2 Å². The van der Waals surface area contributed by atoms with E-state index < -0.39 is 5.82 Å². The third-order valence-electron chi connectivity index (χ3n) is 16.2. The van der Waals surface area contributed by atoms with Gasteiger partial charge in [0.1, 0.15) is 36.1 Å². The fraction of sp³-hybridized carbons (Fsp3) is 0.200. The monoisotopic (exact) mass is 1170 g/mol. The van der Waals surface area contributed by atoms with Gasteiger partial charge in [0.25, 0.3) is 0 Å². The summed E-state index contributed by atoms with van der Waals surface area (Å²) in [5, 5.41) is 5.23. The lowest BCUT2D eigenvalue weighted by molar-refractivity contribution is 0.0653. The number of ether oxygens (including phenoxy) is 4. The lowest BCUT2D eigenvalue weighted by atomic mass is 9.96. The van der Waals surface area contributed by atoms with Crippen LogP contribution in [0.5, 0.6) is 0 Å². The van der Waals surface area contributed by atoms with Gasteiger partial charge in [0, 0.05) is 53.6 Å². The van der Waals surface area contributed by atoms with E-state index in [0.717, 1.165) is 76.9 Å². The molecular formula is C70H60BrClF2N4O4. The number of aryl methyl sites for hydroxylation is 2. The van der Waals surface area contributed by atoms with Crippen molar-refractivity contribution < 1.29 is 27.7 Å². The predicted molar refractivity (Wildman–Crippen MR) is 327 cm³/mol. The Hall–Kier alpha value is -7.61. The number of hydrogen-bond acceptors (Lipinski definition) is 4. The highest BCUT2D eigenvalue weighted by Crippen LogP contribution is 2.41. The van der Waals surface area contributed by atoms with Crippen LogP contribution in [0.25, 0.3) is 43.6 Å². The Morgan fingerprint density at radius 3 is 1.21 bits per heavy atom. The van der Waals surface area contributed by atoms with Crippen LogP contribution in [0.3, 0.4) is 0 Å². The van der Waals surface area contributed by atoms with Gasteiger partial charge in [-0.1, -0.05) is 166 Å². The Balaban J connectivity index is 0.000000103. The lowest BCUT2D eigenvalue weighted by Gasteiger charge is -2.24. The summed E-state index contributed by atoms with van der Waals surface area (Å²) in [5.74, 6) is -0.620. The van der Waals surface area contributed by atoms with E-state index in [2.05, 4.69) is 158 Å². The zero-order valence-corrected chi connectivity index (χ0v) is 47.8. The minimum Gasteiger partial charge on any atom is -0.367 e. The second kappa shape index (κ2) is 23.3. The SMILES string of the molecule is Brc1cccc(C2OCCc3c2[nH]c2ccccc32)c1.Cc1ccc(F)c(C2OCCc3c2[nH]c2ccccc32)c1.Cc1cccc(C2OCCc3c2[nH]c2ccccc32)c1.Fc1ccc(C2OCCc3c2[nH]c2ccccc32)cc1Cl. The van der Waals surface area contributed by atoms with Gasteiger partial charge in [-0.3, -0.25) is 0 Å². The number of nitrogens with one attached hydrogen (secondary N) is 4. The Labute approximate surface area is 487 Å². The molecule has 0 aliphatic carbocycles. The summed E-state index contributed by atoms with van der Waals surface area (Å²) >= 11 is 9.44. The van der Waals surface area contributed by atoms with Crippen LogP contribution in [-0.2, 0) is 44.6 Å². The van der Waals surface area contributed by atoms with Crippen LogP contribution in [0.4, 0.5) is 8.78 Å². The number of halogens is 4. The van der Waals surface area contributed by atoms with Gasteiger partial charge in [-0.15, -0.1) is 0 Å². The quantitative estimate of drug-likeness (QED) is 0.141. The number of benzene rings is 8. The summed E-state index contributed by atoms with van der Waals surface area (Å²) in [4.78, 5) is 14.0. The van der Waals surface area contributed by atoms with Crippen molar-refractivity contribution >= 4 is 71.1 Å². The van der Waals surface area contributed by atoms with Gasteiger partial charge in [0.15, 0.2) is 0 Å². The van der Waals surface area contributed by atoms with Crippen LogP contribution in [0.15, 0.2) is 186 Å². The molecule has 4 aliphatic rings. The van der Waals surface area contributed by atoms with Crippen molar-refractivity contribution in [2.24, 2.45) is 0 Å². The molecule has 4 N–H and O–H groups in total. The molecule has 8 nitrogen and oxygen atoms in total. The maximum absolute atomic E-state index is 14.2. The molecule has 0 saturated carbocycles. The molecule has 12 aromatic rings. The van der Waals surface area contributed by atoms with E-state index in [1.165, 1.54) is 95.0 Å². The third-order valence-corrected chi connectivity index (χ3v) is 16.9. The van der Waals surface area contributed by atoms with Crippen molar-refractivity contribution in [2.45, 2.75) is 63.9 Å². The molecule has 4 aliphatic heterocycles. The van der Waals surface area contributed by atoms with E-state index >= 15 is 0 Å².